The van der Waals surface area contributed by atoms with Gasteiger partial charge in [0.25, 0.3) is 0 Å². The van der Waals surface area contributed by atoms with Crippen molar-refractivity contribution in [1.29, 1.82) is 10.5 Å². The molecule has 0 fully saturated rings. The molecular formula is C16H15N7O2. The summed E-state index contributed by atoms with van der Waals surface area (Å²) < 4.78 is 11.0. The summed E-state index contributed by atoms with van der Waals surface area (Å²) in [4.78, 5) is 9.71. The molecule has 1 aromatic carbocycles. The SMILES string of the molecule is N#CCN(CC#N)c1ncnc(Nc2ccc3c(c2)OCCO3)c1N. The first kappa shape index (κ1) is 16.1. The van der Waals surface area contributed by atoms with Gasteiger partial charge in [-0.15, -0.1) is 0 Å². The van der Waals surface area contributed by atoms with Crippen LogP contribution in [0.15, 0.2) is 24.5 Å². The number of aromatic nitrogens is 2. The highest BCUT2D eigenvalue weighted by atomic mass is 16.6. The molecule has 0 saturated heterocycles. The molecule has 126 valence electrons. The minimum Gasteiger partial charge on any atom is -0.486 e. The Morgan fingerprint density at radius 3 is 2.56 bits per heavy atom. The van der Waals surface area contributed by atoms with Crippen molar-refractivity contribution in [2.24, 2.45) is 0 Å². The molecule has 3 N–H and O–H groups in total. The maximum Gasteiger partial charge on any atom is 0.163 e. The fourth-order valence-electron chi connectivity index (χ4n) is 2.37. The Balaban J connectivity index is 1.87. The highest BCUT2D eigenvalue weighted by molar-refractivity contribution is 5.79. The van der Waals surface area contributed by atoms with Gasteiger partial charge in [-0.1, -0.05) is 0 Å². The molecule has 0 amide bonds. The molecular weight excluding hydrogens is 322 g/mol. The number of rotatable bonds is 5. The van der Waals surface area contributed by atoms with Crippen LogP contribution in [0.5, 0.6) is 11.5 Å². The van der Waals surface area contributed by atoms with E-state index in [1.54, 1.807) is 12.1 Å². The minimum atomic E-state index is -0.00175. The topological polar surface area (TPSA) is 133 Å². The van der Waals surface area contributed by atoms with E-state index in [1.165, 1.54) is 11.2 Å². The van der Waals surface area contributed by atoms with E-state index in [1.807, 2.05) is 18.2 Å². The van der Waals surface area contributed by atoms with Crippen LogP contribution in [0.25, 0.3) is 0 Å². The maximum absolute atomic E-state index is 8.91. The fraction of sp³-hybridized carbons (Fsp3) is 0.250. The molecule has 0 saturated carbocycles. The number of hydrogen-bond donors (Lipinski definition) is 2. The Hall–Kier alpha value is -3.72. The van der Waals surface area contributed by atoms with Crippen molar-refractivity contribution in [3.8, 4) is 23.6 Å². The largest absolute Gasteiger partial charge is 0.486 e. The van der Waals surface area contributed by atoms with E-state index < -0.39 is 0 Å². The van der Waals surface area contributed by atoms with Crippen LogP contribution in [0.2, 0.25) is 0 Å². The van der Waals surface area contributed by atoms with Crippen molar-refractivity contribution in [3.63, 3.8) is 0 Å². The lowest BCUT2D eigenvalue weighted by molar-refractivity contribution is 0.171. The predicted octanol–water partition coefficient (Wildman–Crippen LogP) is 1.43. The van der Waals surface area contributed by atoms with Crippen molar-refractivity contribution in [2.45, 2.75) is 0 Å². The third-order valence-electron chi connectivity index (χ3n) is 3.49. The number of nitrogens with zero attached hydrogens (tertiary/aromatic N) is 5. The lowest BCUT2D eigenvalue weighted by Crippen LogP contribution is -2.26. The molecule has 0 aliphatic carbocycles. The number of anilines is 4. The van der Waals surface area contributed by atoms with Crippen molar-refractivity contribution < 1.29 is 9.47 Å². The number of nitriles is 2. The van der Waals surface area contributed by atoms with Crippen LogP contribution >= 0.6 is 0 Å². The summed E-state index contributed by atoms with van der Waals surface area (Å²) in [6, 6.07) is 9.38. The van der Waals surface area contributed by atoms with Gasteiger partial charge in [0, 0.05) is 11.8 Å². The molecule has 1 aliphatic heterocycles. The molecule has 0 spiro atoms. The van der Waals surface area contributed by atoms with Gasteiger partial charge in [0.15, 0.2) is 23.1 Å². The maximum atomic E-state index is 8.91. The van der Waals surface area contributed by atoms with Crippen LogP contribution in [-0.4, -0.2) is 36.3 Å². The second kappa shape index (κ2) is 7.23. The zero-order chi connectivity index (χ0) is 17.6. The first-order chi connectivity index (χ1) is 12.2. The van der Waals surface area contributed by atoms with Gasteiger partial charge in [0.2, 0.25) is 0 Å². The highest BCUT2D eigenvalue weighted by Crippen LogP contribution is 2.35. The van der Waals surface area contributed by atoms with E-state index in [9.17, 15) is 0 Å². The van der Waals surface area contributed by atoms with Crippen molar-refractivity contribution >= 4 is 23.0 Å². The first-order valence-electron chi connectivity index (χ1n) is 7.49. The van der Waals surface area contributed by atoms with Crippen molar-refractivity contribution in [3.05, 3.63) is 24.5 Å². The van der Waals surface area contributed by atoms with Gasteiger partial charge in [-0.25, -0.2) is 9.97 Å². The van der Waals surface area contributed by atoms with Crippen LogP contribution < -0.4 is 25.4 Å². The average molecular weight is 337 g/mol. The quantitative estimate of drug-likeness (QED) is 0.777. The summed E-state index contributed by atoms with van der Waals surface area (Å²) in [5, 5.41) is 20.9. The zero-order valence-electron chi connectivity index (χ0n) is 13.3. The summed E-state index contributed by atoms with van der Waals surface area (Å²) in [5.41, 5.74) is 7.09. The third-order valence-corrected chi connectivity index (χ3v) is 3.49. The van der Waals surface area contributed by atoms with Crippen LogP contribution in [0.1, 0.15) is 0 Å². The highest BCUT2D eigenvalue weighted by Gasteiger charge is 2.16. The van der Waals surface area contributed by atoms with Crippen LogP contribution in [-0.2, 0) is 0 Å². The summed E-state index contributed by atoms with van der Waals surface area (Å²) in [7, 11) is 0. The normalized spacial score (nSPS) is 11.9. The Morgan fingerprint density at radius 2 is 1.84 bits per heavy atom. The van der Waals surface area contributed by atoms with E-state index in [-0.39, 0.29) is 18.8 Å². The predicted molar refractivity (Wildman–Crippen MR) is 90.6 cm³/mol. The lowest BCUT2D eigenvalue weighted by atomic mass is 10.2. The second-order valence-corrected chi connectivity index (χ2v) is 5.12. The van der Waals surface area contributed by atoms with Gasteiger partial charge in [-0.05, 0) is 12.1 Å². The molecule has 0 radical (unpaired) electrons. The molecule has 2 aromatic rings. The molecule has 3 rings (SSSR count). The zero-order valence-corrected chi connectivity index (χ0v) is 13.3. The summed E-state index contributed by atoms with van der Waals surface area (Å²) >= 11 is 0. The van der Waals surface area contributed by atoms with E-state index in [0.717, 1.165) is 0 Å². The first-order valence-corrected chi connectivity index (χ1v) is 7.49. The number of ether oxygens (including phenoxy) is 2. The van der Waals surface area contributed by atoms with E-state index in [2.05, 4.69) is 15.3 Å². The van der Waals surface area contributed by atoms with Crippen molar-refractivity contribution in [1.82, 2.24) is 9.97 Å². The van der Waals surface area contributed by atoms with Gasteiger partial charge >= 0.3 is 0 Å². The number of benzene rings is 1. The third kappa shape index (κ3) is 3.46. The Morgan fingerprint density at radius 1 is 1.12 bits per heavy atom. The minimum absolute atomic E-state index is 0.00175. The average Bonchev–Trinajstić information content (AvgIpc) is 2.63. The van der Waals surface area contributed by atoms with Crippen molar-refractivity contribution in [2.75, 3.05) is 42.3 Å². The van der Waals surface area contributed by atoms with E-state index in [4.69, 9.17) is 25.7 Å². The second-order valence-electron chi connectivity index (χ2n) is 5.12. The number of hydrogen-bond acceptors (Lipinski definition) is 9. The molecule has 9 heteroatoms. The fourth-order valence-corrected chi connectivity index (χ4v) is 2.37. The molecule has 0 atom stereocenters. The lowest BCUT2D eigenvalue weighted by Gasteiger charge is -2.21. The van der Waals surface area contributed by atoms with Crippen LogP contribution in [0.4, 0.5) is 23.0 Å². The van der Waals surface area contributed by atoms with E-state index >= 15 is 0 Å². The van der Waals surface area contributed by atoms with Gasteiger partial charge in [0.05, 0.1) is 12.1 Å². The molecule has 25 heavy (non-hydrogen) atoms. The monoisotopic (exact) mass is 337 g/mol. The number of nitrogens with one attached hydrogen (secondary N) is 1. The van der Waals surface area contributed by atoms with Gasteiger partial charge in [-0.3, -0.25) is 0 Å². The summed E-state index contributed by atoms with van der Waals surface area (Å²) in [6.45, 7) is 1.01. The standard InChI is InChI=1S/C16H15N7O2/c17-3-5-23(6-4-18)16-14(19)15(20-10-21-16)22-11-1-2-12-13(9-11)25-8-7-24-12/h1-2,9-10H,5-8,19H2,(H,20,21,22). The smallest absolute Gasteiger partial charge is 0.163 e. The summed E-state index contributed by atoms with van der Waals surface area (Å²) in [5.74, 6) is 2.03. The van der Waals surface area contributed by atoms with Gasteiger partial charge < -0.3 is 25.4 Å². The number of nitrogen functional groups attached to an aromatic ring is 1. The Kier molecular flexibility index (Phi) is 4.67. The van der Waals surface area contributed by atoms with Gasteiger partial charge in [-0.2, -0.15) is 10.5 Å². The number of nitrogens with two attached hydrogens (primary N) is 1. The van der Waals surface area contributed by atoms with Gasteiger partial charge in [0.1, 0.15) is 38.3 Å². The molecule has 0 unspecified atom stereocenters. The molecule has 9 nitrogen and oxygen atoms in total. The van der Waals surface area contributed by atoms with Crippen LogP contribution in [0, 0.1) is 22.7 Å². The Labute approximate surface area is 144 Å². The molecule has 2 heterocycles. The van der Waals surface area contributed by atoms with E-state index in [0.29, 0.717) is 42.0 Å². The molecule has 0 bridgehead atoms. The summed E-state index contributed by atoms with van der Waals surface area (Å²) in [6.07, 6.45) is 1.33. The molecule has 1 aromatic heterocycles. The van der Waals surface area contributed by atoms with Crippen LogP contribution in [0.3, 0.4) is 0 Å². The molecule has 1 aliphatic rings. The number of fused-ring (bicyclic) bond motifs is 1. The Bertz CT molecular complexity index is 841.